The Kier molecular flexibility index (Phi) is 3.56. The third kappa shape index (κ3) is 2.92. The minimum Gasteiger partial charge on any atom is -0.368 e. The standard InChI is InChI=1S/C10H12F3N5O/c11-10(12,13)7-1-2-16-9(17-7)18-4-3-15-5-6(18)8(14)19/h1-2,6,15H,3-5H2,(H2,14,19). The van der Waals surface area contributed by atoms with Gasteiger partial charge in [-0.05, 0) is 6.07 Å². The molecular formula is C10H12F3N5O. The molecule has 0 spiro atoms. The molecule has 0 radical (unpaired) electrons. The molecule has 2 heterocycles. The number of aromatic nitrogens is 2. The summed E-state index contributed by atoms with van der Waals surface area (Å²) in [5.74, 6) is -0.770. The van der Waals surface area contributed by atoms with Gasteiger partial charge >= 0.3 is 6.18 Å². The summed E-state index contributed by atoms with van der Waals surface area (Å²) in [7, 11) is 0. The molecule has 1 aliphatic rings. The van der Waals surface area contributed by atoms with Crippen molar-refractivity contribution in [1.82, 2.24) is 15.3 Å². The summed E-state index contributed by atoms with van der Waals surface area (Å²) in [5, 5.41) is 2.94. The molecule has 1 aromatic heterocycles. The lowest BCUT2D eigenvalue weighted by Crippen LogP contribution is -2.57. The number of anilines is 1. The predicted molar refractivity (Wildman–Crippen MR) is 60.2 cm³/mol. The summed E-state index contributed by atoms with van der Waals surface area (Å²) >= 11 is 0. The van der Waals surface area contributed by atoms with Crippen LogP contribution in [-0.2, 0) is 11.0 Å². The van der Waals surface area contributed by atoms with Crippen molar-refractivity contribution in [3.8, 4) is 0 Å². The minimum atomic E-state index is -4.55. The number of alkyl halides is 3. The molecule has 1 amide bonds. The molecule has 1 fully saturated rings. The first-order valence-corrected chi connectivity index (χ1v) is 5.56. The van der Waals surface area contributed by atoms with E-state index in [-0.39, 0.29) is 12.5 Å². The third-order valence-corrected chi connectivity index (χ3v) is 2.76. The second-order valence-electron chi connectivity index (χ2n) is 4.06. The van der Waals surface area contributed by atoms with Gasteiger partial charge in [0.25, 0.3) is 0 Å². The van der Waals surface area contributed by atoms with Gasteiger partial charge in [-0.25, -0.2) is 9.97 Å². The molecule has 0 aromatic carbocycles. The Bertz CT molecular complexity index is 478. The molecule has 0 saturated carbocycles. The van der Waals surface area contributed by atoms with E-state index in [9.17, 15) is 18.0 Å². The van der Waals surface area contributed by atoms with Gasteiger partial charge in [-0.3, -0.25) is 4.79 Å². The van der Waals surface area contributed by atoms with Gasteiger partial charge < -0.3 is 16.0 Å². The first-order valence-electron chi connectivity index (χ1n) is 5.56. The van der Waals surface area contributed by atoms with E-state index in [2.05, 4.69) is 15.3 Å². The van der Waals surface area contributed by atoms with Gasteiger partial charge in [-0.15, -0.1) is 0 Å². The van der Waals surface area contributed by atoms with Crippen LogP contribution in [0.1, 0.15) is 5.69 Å². The van der Waals surface area contributed by atoms with Crippen molar-refractivity contribution in [1.29, 1.82) is 0 Å². The Morgan fingerprint density at radius 3 is 2.89 bits per heavy atom. The van der Waals surface area contributed by atoms with Crippen LogP contribution in [0, 0.1) is 0 Å². The third-order valence-electron chi connectivity index (χ3n) is 2.76. The summed E-state index contributed by atoms with van der Waals surface area (Å²) in [6.45, 7) is 1.09. The monoisotopic (exact) mass is 275 g/mol. The molecule has 1 atom stereocenters. The summed E-state index contributed by atoms with van der Waals surface area (Å²) in [5.41, 5.74) is 4.18. The van der Waals surface area contributed by atoms with Crippen molar-refractivity contribution in [3.63, 3.8) is 0 Å². The maximum Gasteiger partial charge on any atom is 0.433 e. The fourth-order valence-electron chi connectivity index (χ4n) is 1.84. The zero-order chi connectivity index (χ0) is 14.0. The number of carbonyl (C=O) groups excluding carboxylic acids is 1. The average molecular weight is 275 g/mol. The number of piperazine rings is 1. The van der Waals surface area contributed by atoms with Crippen LogP contribution in [0.25, 0.3) is 0 Å². The van der Waals surface area contributed by atoms with Crippen LogP contribution in [0.4, 0.5) is 19.1 Å². The van der Waals surface area contributed by atoms with Gasteiger partial charge in [0.2, 0.25) is 11.9 Å². The number of amides is 1. The molecular weight excluding hydrogens is 263 g/mol. The van der Waals surface area contributed by atoms with E-state index in [1.54, 1.807) is 0 Å². The van der Waals surface area contributed by atoms with Crippen molar-refractivity contribution >= 4 is 11.9 Å². The van der Waals surface area contributed by atoms with Gasteiger partial charge in [0, 0.05) is 25.8 Å². The second kappa shape index (κ2) is 5.00. The van der Waals surface area contributed by atoms with Gasteiger partial charge in [-0.2, -0.15) is 13.2 Å². The Balaban J connectivity index is 2.32. The molecule has 1 unspecified atom stereocenters. The van der Waals surface area contributed by atoms with Crippen molar-refractivity contribution in [2.24, 2.45) is 5.73 Å². The highest BCUT2D eigenvalue weighted by atomic mass is 19.4. The van der Waals surface area contributed by atoms with Crippen LogP contribution < -0.4 is 16.0 Å². The molecule has 6 nitrogen and oxygen atoms in total. The Morgan fingerprint density at radius 2 is 2.26 bits per heavy atom. The number of hydrogen-bond donors (Lipinski definition) is 2. The second-order valence-corrected chi connectivity index (χ2v) is 4.06. The van der Waals surface area contributed by atoms with Crippen LogP contribution in [0.2, 0.25) is 0 Å². The molecule has 1 aliphatic heterocycles. The first kappa shape index (κ1) is 13.5. The van der Waals surface area contributed by atoms with E-state index in [1.165, 1.54) is 4.90 Å². The van der Waals surface area contributed by atoms with Crippen LogP contribution in [0.3, 0.4) is 0 Å². The highest BCUT2D eigenvalue weighted by Crippen LogP contribution is 2.28. The van der Waals surface area contributed by atoms with Crippen molar-refractivity contribution in [2.75, 3.05) is 24.5 Å². The number of hydrogen-bond acceptors (Lipinski definition) is 5. The molecule has 2 rings (SSSR count). The molecule has 1 saturated heterocycles. The van der Waals surface area contributed by atoms with Crippen molar-refractivity contribution in [3.05, 3.63) is 18.0 Å². The lowest BCUT2D eigenvalue weighted by atomic mass is 10.2. The maximum absolute atomic E-state index is 12.6. The molecule has 3 N–H and O–H groups in total. The number of rotatable bonds is 2. The first-order chi connectivity index (χ1) is 8.89. The number of halogens is 3. The van der Waals surface area contributed by atoms with E-state index in [0.717, 1.165) is 12.3 Å². The lowest BCUT2D eigenvalue weighted by molar-refractivity contribution is -0.141. The summed E-state index contributed by atoms with van der Waals surface area (Å²) in [6, 6.07) is 0.0301. The smallest absolute Gasteiger partial charge is 0.368 e. The van der Waals surface area contributed by atoms with Crippen molar-refractivity contribution in [2.45, 2.75) is 12.2 Å². The Hall–Kier alpha value is -1.90. The Morgan fingerprint density at radius 1 is 1.53 bits per heavy atom. The number of nitrogens with zero attached hydrogens (tertiary/aromatic N) is 3. The quantitative estimate of drug-likeness (QED) is 0.778. The summed E-state index contributed by atoms with van der Waals surface area (Å²) in [4.78, 5) is 19.9. The normalized spacial score (nSPS) is 20.4. The fourth-order valence-corrected chi connectivity index (χ4v) is 1.84. The van der Waals surface area contributed by atoms with Crippen LogP contribution in [-0.4, -0.2) is 41.6 Å². The number of nitrogens with two attached hydrogens (primary N) is 1. The minimum absolute atomic E-state index is 0.139. The zero-order valence-electron chi connectivity index (χ0n) is 9.81. The van der Waals surface area contributed by atoms with E-state index < -0.39 is 23.8 Å². The van der Waals surface area contributed by atoms with E-state index in [4.69, 9.17) is 5.73 Å². The number of nitrogens with one attached hydrogen (secondary N) is 1. The highest BCUT2D eigenvalue weighted by Gasteiger charge is 2.35. The fraction of sp³-hybridized carbons (Fsp3) is 0.500. The van der Waals surface area contributed by atoms with Gasteiger partial charge in [0.15, 0.2) is 0 Å². The van der Waals surface area contributed by atoms with E-state index in [0.29, 0.717) is 13.1 Å². The Labute approximate surface area is 106 Å². The van der Waals surface area contributed by atoms with Crippen LogP contribution in [0.5, 0.6) is 0 Å². The van der Waals surface area contributed by atoms with E-state index >= 15 is 0 Å². The number of primary amides is 1. The van der Waals surface area contributed by atoms with Gasteiger partial charge in [0.1, 0.15) is 11.7 Å². The molecule has 9 heteroatoms. The van der Waals surface area contributed by atoms with Crippen LogP contribution >= 0.6 is 0 Å². The number of carbonyl (C=O) groups is 1. The topological polar surface area (TPSA) is 84.1 Å². The molecule has 0 aliphatic carbocycles. The molecule has 1 aromatic rings. The maximum atomic E-state index is 12.6. The summed E-state index contributed by atoms with van der Waals surface area (Å²) in [6.07, 6.45) is -3.53. The molecule has 104 valence electrons. The van der Waals surface area contributed by atoms with Gasteiger partial charge in [0.05, 0.1) is 0 Å². The highest BCUT2D eigenvalue weighted by molar-refractivity contribution is 5.83. The SMILES string of the molecule is NC(=O)C1CNCCN1c1nccc(C(F)(F)F)n1. The van der Waals surface area contributed by atoms with Gasteiger partial charge in [-0.1, -0.05) is 0 Å². The summed E-state index contributed by atoms with van der Waals surface area (Å²) < 4.78 is 37.7. The molecule has 19 heavy (non-hydrogen) atoms. The lowest BCUT2D eigenvalue weighted by Gasteiger charge is -2.34. The average Bonchev–Trinajstić information content (AvgIpc) is 2.38. The molecule has 0 bridgehead atoms. The largest absolute Gasteiger partial charge is 0.433 e. The zero-order valence-corrected chi connectivity index (χ0v) is 9.81. The predicted octanol–water partition coefficient (Wildman–Crippen LogP) is -0.241. The van der Waals surface area contributed by atoms with E-state index in [1.807, 2.05) is 0 Å². The van der Waals surface area contributed by atoms with Crippen molar-refractivity contribution < 1.29 is 18.0 Å². The van der Waals surface area contributed by atoms with Crippen LogP contribution in [0.15, 0.2) is 12.3 Å².